The maximum absolute atomic E-state index is 12.6. The number of hydrogen-bond donors (Lipinski definition) is 1. The van der Waals surface area contributed by atoms with E-state index in [1.165, 1.54) is 12.3 Å². The molecule has 0 atom stereocenters. The molecule has 2 heterocycles. The fraction of sp³-hybridized carbons (Fsp3) is 0.125. The minimum Gasteiger partial charge on any atom is -0.478 e. The zero-order valence-electron chi connectivity index (χ0n) is 7.26. The van der Waals surface area contributed by atoms with E-state index in [-0.39, 0.29) is 5.65 Å². The van der Waals surface area contributed by atoms with Gasteiger partial charge in [0, 0.05) is 12.3 Å². The summed E-state index contributed by atoms with van der Waals surface area (Å²) in [4.78, 5) is 14.4. The van der Waals surface area contributed by atoms with E-state index in [0.717, 1.165) is 10.7 Å². The molecule has 5 nitrogen and oxygen atoms in total. The van der Waals surface area contributed by atoms with Gasteiger partial charge in [0.15, 0.2) is 5.65 Å². The molecule has 0 unspecified atom stereocenters. The number of aromatic carboxylic acids is 1. The number of hydrogen-bond acceptors (Lipinski definition) is 3. The molecule has 0 fully saturated rings. The van der Waals surface area contributed by atoms with Crippen LogP contribution in [0.15, 0.2) is 18.5 Å². The lowest BCUT2D eigenvalue weighted by atomic mass is 10.2. The first-order valence-electron chi connectivity index (χ1n) is 3.95. The maximum atomic E-state index is 12.6. The highest BCUT2D eigenvalue weighted by atomic mass is 19.3. The van der Waals surface area contributed by atoms with Gasteiger partial charge in [0.2, 0.25) is 0 Å². The molecule has 7 heteroatoms. The van der Waals surface area contributed by atoms with Crippen molar-refractivity contribution in [1.29, 1.82) is 0 Å². The fourth-order valence-electron chi connectivity index (χ4n) is 1.27. The first kappa shape index (κ1) is 9.50. The van der Waals surface area contributed by atoms with Gasteiger partial charge in [-0.2, -0.15) is 5.10 Å². The van der Waals surface area contributed by atoms with Gasteiger partial charge in [-0.05, 0) is 0 Å². The third-order valence-electron chi connectivity index (χ3n) is 1.89. The summed E-state index contributed by atoms with van der Waals surface area (Å²) < 4.78 is 26.1. The van der Waals surface area contributed by atoms with Gasteiger partial charge in [-0.15, -0.1) is 0 Å². The summed E-state index contributed by atoms with van der Waals surface area (Å²) in [5.41, 5.74) is -1.01. The van der Waals surface area contributed by atoms with Crippen LogP contribution in [-0.4, -0.2) is 25.7 Å². The van der Waals surface area contributed by atoms with Crippen LogP contribution in [0.25, 0.3) is 5.65 Å². The Kier molecular flexibility index (Phi) is 2.07. The van der Waals surface area contributed by atoms with Crippen LogP contribution >= 0.6 is 0 Å². The number of halogens is 2. The monoisotopic (exact) mass is 213 g/mol. The normalized spacial score (nSPS) is 11.1. The van der Waals surface area contributed by atoms with E-state index in [9.17, 15) is 13.6 Å². The average Bonchev–Trinajstić information content (AvgIpc) is 2.62. The molecule has 0 spiro atoms. The van der Waals surface area contributed by atoms with E-state index in [2.05, 4.69) is 10.1 Å². The van der Waals surface area contributed by atoms with Crippen LogP contribution in [0.4, 0.5) is 8.78 Å². The molecule has 0 aliphatic rings. The number of rotatable bonds is 2. The van der Waals surface area contributed by atoms with E-state index in [1.807, 2.05) is 0 Å². The van der Waals surface area contributed by atoms with Gasteiger partial charge in [0.25, 0.3) is 6.43 Å². The third-order valence-corrected chi connectivity index (χ3v) is 1.89. The van der Waals surface area contributed by atoms with Gasteiger partial charge in [-0.25, -0.2) is 23.1 Å². The summed E-state index contributed by atoms with van der Waals surface area (Å²) in [7, 11) is 0. The van der Waals surface area contributed by atoms with Crippen molar-refractivity contribution in [2.75, 3.05) is 0 Å². The summed E-state index contributed by atoms with van der Waals surface area (Å²) in [6.45, 7) is 0. The van der Waals surface area contributed by atoms with E-state index in [1.54, 1.807) is 0 Å². The molecular weight excluding hydrogens is 208 g/mol. The van der Waals surface area contributed by atoms with Crippen LogP contribution in [0.1, 0.15) is 22.5 Å². The zero-order valence-corrected chi connectivity index (χ0v) is 7.26. The van der Waals surface area contributed by atoms with Crippen molar-refractivity contribution in [3.05, 3.63) is 29.7 Å². The molecule has 78 valence electrons. The molecule has 0 saturated carbocycles. The van der Waals surface area contributed by atoms with Gasteiger partial charge in [-0.3, -0.25) is 0 Å². The smallest absolute Gasteiger partial charge is 0.339 e. The number of fused-ring (bicyclic) bond motifs is 1. The van der Waals surface area contributed by atoms with Crippen molar-refractivity contribution < 1.29 is 18.7 Å². The second kappa shape index (κ2) is 3.26. The Morgan fingerprint density at radius 1 is 1.53 bits per heavy atom. The molecule has 1 N–H and O–H groups in total. The van der Waals surface area contributed by atoms with Crippen LogP contribution in [0, 0.1) is 0 Å². The minimum absolute atomic E-state index is 0.190. The topological polar surface area (TPSA) is 67.5 Å². The SMILES string of the molecule is O=C(O)c1cnc2ccnn2c1C(F)F. The van der Waals surface area contributed by atoms with Crippen molar-refractivity contribution in [2.24, 2.45) is 0 Å². The summed E-state index contributed by atoms with van der Waals surface area (Å²) in [5, 5.41) is 12.3. The van der Waals surface area contributed by atoms with Crippen LogP contribution < -0.4 is 0 Å². The third kappa shape index (κ3) is 1.41. The summed E-state index contributed by atoms with van der Waals surface area (Å²) in [6, 6.07) is 1.41. The van der Waals surface area contributed by atoms with Gasteiger partial charge in [-0.1, -0.05) is 0 Å². The standard InChI is InChI=1S/C8H5F2N3O2/c9-7(10)6-4(8(14)15)3-11-5-1-2-12-13(5)6/h1-3,7H,(H,14,15). The number of alkyl halides is 2. The van der Waals surface area contributed by atoms with Crippen molar-refractivity contribution in [3.8, 4) is 0 Å². The molecule has 2 aromatic rings. The number of aromatic nitrogens is 3. The van der Waals surface area contributed by atoms with Crippen molar-refractivity contribution in [1.82, 2.24) is 14.6 Å². The van der Waals surface area contributed by atoms with Gasteiger partial charge in [0.05, 0.1) is 6.20 Å². The Bertz CT molecular complexity index is 524. The van der Waals surface area contributed by atoms with Crippen LogP contribution in [-0.2, 0) is 0 Å². The Morgan fingerprint density at radius 2 is 2.27 bits per heavy atom. The molecule has 0 radical (unpaired) electrons. The lowest BCUT2D eigenvalue weighted by molar-refractivity contribution is 0.0680. The molecular formula is C8H5F2N3O2. The van der Waals surface area contributed by atoms with E-state index >= 15 is 0 Å². The zero-order chi connectivity index (χ0) is 11.0. The molecule has 0 amide bonds. The highest BCUT2D eigenvalue weighted by Crippen LogP contribution is 2.22. The second-order valence-electron chi connectivity index (χ2n) is 2.76. The predicted octanol–water partition coefficient (Wildman–Crippen LogP) is 1.37. The number of carboxylic acid groups (broad SMARTS) is 1. The van der Waals surface area contributed by atoms with Crippen LogP contribution in [0.5, 0.6) is 0 Å². The molecule has 2 aromatic heterocycles. The van der Waals surface area contributed by atoms with E-state index in [4.69, 9.17) is 5.11 Å². The van der Waals surface area contributed by atoms with E-state index < -0.39 is 23.7 Å². The fourth-order valence-corrected chi connectivity index (χ4v) is 1.27. The molecule has 15 heavy (non-hydrogen) atoms. The predicted molar refractivity (Wildman–Crippen MR) is 44.9 cm³/mol. The van der Waals surface area contributed by atoms with Gasteiger partial charge < -0.3 is 5.11 Å². The highest BCUT2D eigenvalue weighted by molar-refractivity contribution is 5.88. The van der Waals surface area contributed by atoms with Gasteiger partial charge >= 0.3 is 5.97 Å². The van der Waals surface area contributed by atoms with Crippen LogP contribution in [0.2, 0.25) is 0 Å². The Morgan fingerprint density at radius 3 is 2.87 bits per heavy atom. The quantitative estimate of drug-likeness (QED) is 0.817. The summed E-state index contributed by atoms with van der Waals surface area (Å²) in [6.07, 6.45) is -0.734. The second-order valence-corrected chi connectivity index (χ2v) is 2.76. The maximum Gasteiger partial charge on any atom is 0.339 e. The highest BCUT2D eigenvalue weighted by Gasteiger charge is 2.22. The molecule has 0 aliphatic heterocycles. The molecule has 0 aliphatic carbocycles. The summed E-state index contributed by atoms with van der Waals surface area (Å²) in [5.74, 6) is -1.45. The first-order chi connectivity index (χ1) is 7.11. The number of nitrogens with zero attached hydrogens (tertiary/aromatic N) is 3. The number of carbonyl (C=O) groups is 1. The average molecular weight is 213 g/mol. The summed E-state index contributed by atoms with van der Waals surface area (Å²) >= 11 is 0. The molecule has 0 aromatic carbocycles. The first-order valence-corrected chi connectivity index (χ1v) is 3.95. The molecule has 0 saturated heterocycles. The minimum atomic E-state index is -2.92. The molecule has 2 rings (SSSR count). The van der Waals surface area contributed by atoms with Crippen molar-refractivity contribution >= 4 is 11.6 Å². The Balaban J connectivity index is 2.81. The number of carboxylic acids is 1. The van der Waals surface area contributed by atoms with Crippen molar-refractivity contribution in [2.45, 2.75) is 6.43 Å². The Hall–Kier alpha value is -2.05. The van der Waals surface area contributed by atoms with Crippen molar-refractivity contribution in [3.63, 3.8) is 0 Å². The lowest BCUT2D eigenvalue weighted by Crippen LogP contribution is -2.10. The van der Waals surface area contributed by atoms with Gasteiger partial charge in [0.1, 0.15) is 11.3 Å². The Labute approximate surface area is 82.0 Å². The lowest BCUT2D eigenvalue weighted by Gasteiger charge is -2.06. The van der Waals surface area contributed by atoms with Crippen LogP contribution in [0.3, 0.4) is 0 Å². The molecule has 0 bridgehead atoms. The largest absolute Gasteiger partial charge is 0.478 e. The van der Waals surface area contributed by atoms with E-state index in [0.29, 0.717) is 0 Å².